The van der Waals surface area contributed by atoms with E-state index in [9.17, 15) is 0 Å². The molecule has 1 aliphatic heterocycles. The molecule has 1 N–H and O–H groups in total. The monoisotopic (exact) mass is 151 g/mol. The Labute approximate surface area is 66.4 Å². The van der Waals surface area contributed by atoms with Gasteiger partial charge in [0.05, 0.1) is 6.20 Å². The molecule has 11 heavy (non-hydrogen) atoms. The van der Waals surface area contributed by atoms with Crippen molar-refractivity contribution in [1.82, 2.24) is 15.1 Å². The average molecular weight is 151 g/mol. The van der Waals surface area contributed by atoms with Gasteiger partial charge >= 0.3 is 0 Å². The standard InChI is InChI=1S/C8H13N3/c1-11-4-2-3-8-7(6-11)5-9-10-8/h5H,2-4,6H2,1H3,(H,9,10). The Bertz CT molecular complexity index is 241. The molecule has 0 aliphatic carbocycles. The molecule has 1 aliphatic rings. The van der Waals surface area contributed by atoms with Gasteiger partial charge in [0, 0.05) is 17.8 Å². The van der Waals surface area contributed by atoms with Crippen molar-refractivity contribution in [3.8, 4) is 0 Å². The van der Waals surface area contributed by atoms with E-state index in [0.717, 1.165) is 13.0 Å². The first-order valence-corrected chi connectivity index (χ1v) is 4.06. The van der Waals surface area contributed by atoms with Crippen molar-refractivity contribution in [3.05, 3.63) is 17.5 Å². The van der Waals surface area contributed by atoms with Crippen LogP contribution in [0.25, 0.3) is 0 Å². The lowest BCUT2D eigenvalue weighted by atomic mass is 10.2. The van der Waals surface area contributed by atoms with Crippen LogP contribution in [0.4, 0.5) is 0 Å². The molecule has 0 unspecified atom stereocenters. The van der Waals surface area contributed by atoms with Crippen LogP contribution in [0.1, 0.15) is 17.7 Å². The largest absolute Gasteiger partial charge is 0.302 e. The summed E-state index contributed by atoms with van der Waals surface area (Å²) in [5, 5.41) is 7.07. The molecule has 2 heterocycles. The predicted molar refractivity (Wildman–Crippen MR) is 43.2 cm³/mol. The highest BCUT2D eigenvalue weighted by Gasteiger charge is 2.11. The maximum atomic E-state index is 4.03. The third-order valence-corrected chi connectivity index (χ3v) is 2.21. The number of aryl methyl sites for hydroxylation is 1. The fourth-order valence-electron chi connectivity index (χ4n) is 1.59. The van der Waals surface area contributed by atoms with Gasteiger partial charge in [-0.05, 0) is 26.4 Å². The number of hydrogen-bond donors (Lipinski definition) is 1. The summed E-state index contributed by atoms with van der Waals surface area (Å²) in [7, 11) is 2.15. The van der Waals surface area contributed by atoms with E-state index in [4.69, 9.17) is 0 Å². The molecule has 0 spiro atoms. The fraction of sp³-hybridized carbons (Fsp3) is 0.625. The first-order valence-electron chi connectivity index (χ1n) is 4.06. The molecule has 2 rings (SSSR count). The molecule has 1 aromatic rings. The zero-order valence-electron chi connectivity index (χ0n) is 6.80. The molecule has 0 fully saturated rings. The van der Waals surface area contributed by atoms with Gasteiger partial charge in [-0.3, -0.25) is 5.10 Å². The normalized spacial score (nSPS) is 19.4. The molecule has 0 saturated carbocycles. The maximum Gasteiger partial charge on any atom is 0.0535 e. The number of nitrogens with one attached hydrogen (secondary N) is 1. The van der Waals surface area contributed by atoms with Gasteiger partial charge < -0.3 is 4.90 Å². The van der Waals surface area contributed by atoms with Crippen molar-refractivity contribution in [3.63, 3.8) is 0 Å². The number of H-pyrrole nitrogens is 1. The Kier molecular flexibility index (Phi) is 1.66. The number of aromatic amines is 1. The summed E-state index contributed by atoms with van der Waals surface area (Å²) in [5.41, 5.74) is 2.69. The molecular formula is C8H13N3. The predicted octanol–water partition coefficient (Wildman–Crippen LogP) is 0.788. The highest BCUT2D eigenvalue weighted by Crippen LogP contribution is 2.13. The zero-order valence-corrected chi connectivity index (χ0v) is 6.80. The fourth-order valence-corrected chi connectivity index (χ4v) is 1.59. The SMILES string of the molecule is CN1CCCc2[nH]ncc2C1. The minimum Gasteiger partial charge on any atom is -0.302 e. The van der Waals surface area contributed by atoms with E-state index >= 15 is 0 Å². The lowest BCUT2D eigenvalue weighted by Gasteiger charge is -2.11. The Morgan fingerprint density at radius 1 is 1.64 bits per heavy atom. The zero-order chi connectivity index (χ0) is 7.68. The highest BCUT2D eigenvalue weighted by molar-refractivity contribution is 5.17. The third kappa shape index (κ3) is 1.28. The summed E-state index contributed by atoms with van der Waals surface area (Å²) in [6.45, 7) is 2.24. The lowest BCUT2D eigenvalue weighted by Crippen LogP contribution is -2.16. The van der Waals surface area contributed by atoms with Crippen LogP contribution in [0.15, 0.2) is 6.20 Å². The van der Waals surface area contributed by atoms with E-state index in [1.165, 1.54) is 24.2 Å². The first-order chi connectivity index (χ1) is 5.36. The average Bonchev–Trinajstić information content (AvgIpc) is 2.31. The van der Waals surface area contributed by atoms with Gasteiger partial charge in [0.1, 0.15) is 0 Å². The van der Waals surface area contributed by atoms with Crippen molar-refractivity contribution in [2.24, 2.45) is 0 Å². The van der Waals surface area contributed by atoms with Crippen LogP contribution in [0.3, 0.4) is 0 Å². The third-order valence-electron chi connectivity index (χ3n) is 2.21. The van der Waals surface area contributed by atoms with Crippen molar-refractivity contribution in [2.45, 2.75) is 19.4 Å². The van der Waals surface area contributed by atoms with E-state index in [0.29, 0.717) is 0 Å². The minimum absolute atomic E-state index is 1.05. The highest BCUT2D eigenvalue weighted by atomic mass is 15.1. The van der Waals surface area contributed by atoms with E-state index in [1.54, 1.807) is 0 Å². The topological polar surface area (TPSA) is 31.9 Å². The molecule has 60 valence electrons. The van der Waals surface area contributed by atoms with Gasteiger partial charge in [0.15, 0.2) is 0 Å². The molecule has 0 aromatic carbocycles. The van der Waals surface area contributed by atoms with E-state index < -0.39 is 0 Å². The maximum absolute atomic E-state index is 4.03. The Hall–Kier alpha value is -0.830. The Balaban J connectivity index is 2.26. The van der Waals surface area contributed by atoms with Gasteiger partial charge in [0.25, 0.3) is 0 Å². The van der Waals surface area contributed by atoms with Gasteiger partial charge in [-0.25, -0.2) is 0 Å². The lowest BCUT2D eigenvalue weighted by molar-refractivity contribution is 0.332. The minimum atomic E-state index is 1.05. The van der Waals surface area contributed by atoms with Gasteiger partial charge in [-0.2, -0.15) is 5.10 Å². The molecule has 0 radical (unpaired) electrons. The summed E-state index contributed by atoms with van der Waals surface area (Å²) in [6, 6.07) is 0. The van der Waals surface area contributed by atoms with Crippen LogP contribution in [0.5, 0.6) is 0 Å². The van der Waals surface area contributed by atoms with Crippen molar-refractivity contribution in [1.29, 1.82) is 0 Å². The Morgan fingerprint density at radius 3 is 3.45 bits per heavy atom. The second-order valence-corrected chi connectivity index (χ2v) is 3.22. The number of nitrogens with zero attached hydrogens (tertiary/aromatic N) is 2. The molecule has 0 atom stereocenters. The van der Waals surface area contributed by atoms with E-state index in [1.807, 2.05) is 6.20 Å². The number of hydrogen-bond acceptors (Lipinski definition) is 2. The van der Waals surface area contributed by atoms with Gasteiger partial charge in [-0.15, -0.1) is 0 Å². The summed E-state index contributed by atoms with van der Waals surface area (Å²) >= 11 is 0. The summed E-state index contributed by atoms with van der Waals surface area (Å²) < 4.78 is 0. The smallest absolute Gasteiger partial charge is 0.0535 e. The summed E-state index contributed by atoms with van der Waals surface area (Å²) in [4.78, 5) is 2.33. The molecule has 0 bridgehead atoms. The van der Waals surface area contributed by atoms with Crippen molar-refractivity contribution >= 4 is 0 Å². The van der Waals surface area contributed by atoms with E-state index in [-0.39, 0.29) is 0 Å². The van der Waals surface area contributed by atoms with Crippen LogP contribution < -0.4 is 0 Å². The molecule has 0 amide bonds. The van der Waals surface area contributed by atoms with Crippen molar-refractivity contribution in [2.75, 3.05) is 13.6 Å². The van der Waals surface area contributed by atoms with E-state index in [2.05, 4.69) is 22.1 Å². The van der Waals surface area contributed by atoms with Gasteiger partial charge in [0.2, 0.25) is 0 Å². The van der Waals surface area contributed by atoms with Crippen LogP contribution in [-0.4, -0.2) is 28.7 Å². The number of rotatable bonds is 0. The summed E-state index contributed by atoms with van der Waals surface area (Å²) in [6.07, 6.45) is 4.34. The number of fused-ring (bicyclic) bond motifs is 1. The first kappa shape index (κ1) is 6.85. The molecule has 3 nitrogen and oxygen atoms in total. The van der Waals surface area contributed by atoms with Crippen LogP contribution in [-0.2, 0) is 13.0 Å². The van der Waals surface area contributed by atoms with Crippen LogP contribution in [0, 0.1) is 0 Å². The molecule has 3 heteroatoms. The molecule has 1 aromatic heterocycles. The molecule has 0 saturated heterocycles. The number of aromatic nitrogens is 2. The van der Waals surface area contributed by atoms with Crippen molar-refractivity contribution < 1.29 is 0 Å². The summed E-state index contributed by atoms with van der Waals surface area (Å²) in [5.74, 6) is 0. The van der Waals surface area contributed by atoms with Gasteiger partial charge in [-0.1, -0.05) is 0 Å². The Morgan fingerprint density at radius 2 is 2.55 bits per heavy atom. The van der Waals surface area contributed by atoms with Crippen LogP contribution in [0.2, 0.25) is 0 Å². The van der Waals surface area contributed by atoms with Crippen LogP contribution >= 0.6 is 0 Å². The second kappa shape index (κ2) is 2.66. The second-order valence-electron chi connectivity index (χ2n) is 3.22. The quantitative estimate of drug-likeness (QED) is 0.594. The molecular weight excluding hydrogens is 138 g/mol.